The molecule has 436 valence electrons. The van der Waals surface area contributed by atoms with E-state index in [2.05, 4.69) is 0 Å². The van der Waals surface area contributed by atoms with Crippen molar-refractivity contribution in [3.63, 3.8) is 0 Å². The van der Waals surface area contributed by atoms with Crippen molar-refractivity contribution in [3.05, 3.63) is 197 Å². The van der Waals surface area contributed by atoms with Crippen LogP contribution in [0.3, 0.4) is 0 Å². The molecule has 0 amide bonds. The Balaban J connectivity index is 0.000000180. The number of benzene rings is 8. The van der Waals surface area contributed by atoms with Gasteiger partial charge in [0.1, 0.15) is 12.4 Å². The fourth-order valence-electron chi connectivity index (χ4n) is 8.66. The molecule has 0 bridgehead atoms. The Bertz CT molecular complexity index is 3580. The highest BCUT2D eigenvalue weighted by Gasteiger charge is 2.28. The van der Waals surface area contributed by atoms with Crippen molar-refractivity contribution >= 4 is 34.1 Å². The minimum Gasteiger partial charge on any atom is -0.490 e. The van der Waals surface area contributed by atoms with Crippen LogP contribution in [0.4, 0.5) is 69.2 Å². The van der Waals surface area contributed by atoms with Crippen LogP contribution in [0, 0.1) is 52.5 Å². The van der Waals surface area contributed by atoms with E-state index in [0.29, 0.717) is 46.2 Å². The molecule has 0 radical (unpaired) electrons. The summed E-state index contributed by atoms with van der Waals surface area (Å²) in [5.74, 6) is -9.32. The number of anilines is 6. The van der Waals surface area contributed by atoms with Gasteiger partial charge in [0.05, 0.1) is 36.0 Å². The zero-order valence-corrected chi connectivity index (χ0v) is 45.7. The molecule has 0 unspecified atom stereocenters. The minimum absolute atomic E-state index is 0.00320. The Morgan fingerprint density at radius 1 is 0.458 bits per heavy atom. The molecule has 1 saturated carbocycles. The summed E-state index contributed by atoms with van der Waals surface area (Å²) in [6.45, 7) is 6.11. The van der Waals surface area contributed by atoms with Crippen molar-refractivity contribution in [2.24, 2.45) is 5.92 Å². The molecule has 8 aromatic carbocycles. The van der Waals surface area contributed by atoms with Gasteiger partial charge in [0, 0.05) is 40.9 Å². The first kappa shape index (κ1) is 61.3. The molecule has 12 N–H and O–H groups in total. The SMILES string of the molecule is C/C=C/Oc1ccc(-c2ccc(Oc3ccc(N)cc3N)c(F)c2F)c(F)c1F.CC(C)COc1ccc(-c2ccc(COc3ccc(N)cc3N)cc2)c(F)c1F.COC1CCC(c2ccc(Oc3ccc(N)cc3N)c(F)c2F)CC1. The molecule has 0 heterocycles. The van der Waals surface area contributed by atoms with E-state index in [0.717, 1.165) is 61.8 Å². The monoisotopic (exact) mass is 1150 g/mol. The first-order valence-electron chi connectivity index (χ1n) is 26.1. The van der Waals surface area contributed by atoms with Gasteiger partial charge < -0.3 is 62.8 Å². The lowest BCUT2D eigenvalue weighted by molar-refractivity contribution is 0.0655. The summed E-state index contributed by atoms with van der Waals surface area (Å²) in [4.78, 5) is 0. The average molecular weight is 1150 g/mol. The minimum atomic E-state index is -1.41. The number of nitrogens with two attached hydrogens (primary N) is 6. The van der Waals surface area contributed by atoms with Gasteiger partial charge in [-0.25, -0.2) is 17.6 Å². The highest BCUT2D eigenvalue weighted by Crippen LogP contribution is 2.41. The van der Waals surface area contributed by atoms with E-state index in [-0.39, 0.29) is 70.2 Å². The number of ether oxygens (including phenoxy) is 6. The Morgan fingerprint density at radius 3 is 1.40 bits per heavy atom. The van der Waals surface area contributed by atoms with Gasteiger partial charge in [-0.2, -0.15) is 17.6 Å². The molecular formula is C63H62F8N6O6. The first-order chi connectivity index (χ1) is 39.7. The van der Waals surface area contributed by atoms with Gasteiger partial charge in [-0.1, -0.05) is 50.3 Å². The van der Waals surface area contributed by atoms with Crippen molar-refractivity contribution in [2.75, 3.05) is 48.1 Å². The van der Waals surface area contributed by atoms with Gasteiger partial charge in [-0.05, 0) is 158 Å². The Kier molecular flexibility index (Phi) is 20.6. The van der Waals surface area contributed by atoms with Crippen molar-refractivity contribution in [1.82, 2.24) is 0 Å². The molecule has 83 heavy (non-hydrogen) atoms. The molecule has 0 atom stereocenters. The maximum Gasteiger partial charge on any atom is 0.201 e. The van der Waals surface area contributed by atoms with Gasteiger partial charge in [-0.15, -0.1) is 0 Å². The van der Waals surface area contributed by atoms with Crippen molar-refractivity contribution in [1.29, 1.82) is 0 Å². The van der Waals surface area contributed by atoms with E-state index in [1.165, 1.54) is 54.6 Å². The predicted molar refractivity (Wildman–Crippen MR) is 308 cm³/mol. The summed E-state index contributed by atoms with van der Waals surface area (Å²) in [6.07, 6.45) is 6.10. The lowest BCUT2D eigenvalue weighted by Gasteiger charge is -2.28. The second-order valence-electron chi connectivity index (χ2n) is 19.6. The van der Waals surface area contributed by atoms with Crippen molar-refractivity contribution in [3.8, 4) is 62.5 Å². The van der Waals surface area contributed by atoms with Crippen LogP contribution in [0.2, 0.25) is 0 Å². The van der Waals surface area contributed by atoms with Crippen LogP contribution < -0.4 is 58.1 Å². The van der Waals surface area contributed by atoms with Crippen molar-refractivity contribution < 1.29 is 63.5 Å². The summed E-state index contributed by atoms with van der Waals surface area (Å²) >= 11 is 0. The molecule has 0 saturated heterocycles. The van der Waals surface area contributed by atoms with Crippen LogP contribution in [0.25, 0.3) is 22.3 Å². The highest BCUT2D eigenvalue weighted by atomic mass is 19.2. The van der Waals surface area contributed by atoms with E-state index >= 15 is 0 Å². The van der Waals surface area contributed by atoms with Gasteiger partial charge in [-0.3, -0.25) is 0 Å². The lowest BCUT2D eigenvalue weighted by atomic mass is 9.82. The van der Waals surface area contributed by atoms with E-state index in [9.17, 15) is 35.1 Å². The van der Waals surface area contributed by atoms with Crippen LogP contribution in [0.1, 0.15) is 63.5 Å². The predicted octanol–water partition coefficient (Wildman–Crippen LogP) is 15.8. The number of methoxy groups -OCH3 is 1. The quantitative estimate of drug-likeness (QED) is 0.0303. The number of nitrogen functional groups attached to an aromatic ring is 6. The maximum atomic E-state index is 14.6. The van der Waals surface area contributed by atoms with Crippen LogP contribution in [0.5, 0.6) is 40.2 Å². The normalized spacial score (nSPS) is 13.8. The second-order valence-corrected chi connectivity index (χ2v) is 19.6. The van der Waals surface area contributed by atoms with Gasteiger partial charge in [0.2, 0.25) is 23.3 Å². The van der Waals surface area contributed by atoms with Crippen LogP contribution in [-0.2, 0) is 11.3 Å². The Morgan fingerprint density at radius 2 is 0.892 bits per heavy atom. The zero-order valence-electron chi connectivity index (χ0n) is 45.7. The summed E-state index contributed by atoms with van der Waals surface area (Å²) in [7, 11) is 1.68. The second kappa shape index (κ2) is 27.9. The third kappa shape index (κ3) is 15.4. The Hall–Kier alpha value is -9.30. The molecule has 8 aromatic rings. The molecule has 1 aliphatic carbocycles. The smallest absolute Gasteiger partial charge is 0.201 e. The van der Waals surface area contributed by atoms with E-state index < -0.39 is 63.4 Å². The number of allylic oxidation sites excluding steroid dienone is 1. The molecule has 0 spiro atoms. The average Bonchev–Trinajstić information content (AvgIpc) is 3.62. The molecule has 0 aliphatic heterocycles. The van der Waals surface area contributed by atoms with Crippen LogP contribution >= 0.6 is 0 Å². The third-order valence-corrected chi connectivity index (χ3v) is 13.1. The van der Waals surface area contributed by atoms with Gasteiger partial charge in [0.25, 0.3) is 0 Å². The number of halogens is 8. The third-order valence-electron chi connectivity index (χ3n) is 13.1. The zero-order chi connectivity index (χ0) is 60.1. The summed E-state index contributed by atoms with van der Waals surface area (Å²) in [6, 6.07) is 31.4. The summed E-state index contributed by atoms with van der Waals surface area (Å²) in [5, 5.41) is 0. The van der Waals surface area contributed by atoms with Crippen LogP contribution in [0.15, 0.2) is 140 Å². The lowest BCUT2D eigenvalue weighted by Crippen LogP contribution is -2.20. The molecule has 9 rings (SSSR count). The number of hydrogen-bond donors (Lipinski definition) is 6. The largest absolute Gasteiger partial charge is 0.490 e. The van der Waals surface area contributed by atoms with Crippen LogP contribution in [-0.4, -0.2) is 19.8 Å². The molecule has 0 aromatic heterocycles. The number of hydrogen-bond acceptors (Lipinski definition) is 12. The number of rotatable bonds is 16. The fraction of sp³-hybridized carbons (Fsp3) is 0.206. The van der Waals surface area contributed by atoms with Crippen molar-refractivity contribution in [2.45, 2.75) is 65.1 Å². The summed E-state index contributed by atoms with van der Waals surface area (Å²) < 4.78 is 147. The fourth-order valence-corrected chi connectivity index (χ4v) is 8.66. The Labute approximate surface area is 475 Å². The molecule has 1 aliphatic rings. The van der Waals surface area contributed by atoms with Gasteiger partial charge in [0.15, 0.2) is 57.8 Å². The highest BCUT2D eigenvalue weighted by molar-refractivity contribution is 5.69. The van der Waals surface area contributed by atoms with E-state index in [1.54, 1.807) is 68.6 Å². The first-order valence-corrected chi connectivity index (χ1v) is 26.1. The molecule has 12 nitrogen and oxygen atoms in total. The van der Waals surface area contributed by atoms with Gasteiger partial charge >= 0.3 is 0 Å². The maximum absolute atomic E-state index is 14.6. The summed E-state index contributed by atoms with van der Waals surface area (Å²) in [5.41, 5.74) is 37.6. The molecular weight excluding hydrogens is 1090 g/mol. The molecule has 1 fully saturated rings. The van der Waals surface area contributed by atoms with E-state index in [1.807, 2.05) is 13.8 Å². The topological polar surface area (TPSA) is 212 Å². The van der Waals surface area contributed by atoms with E-state index in [4.69, 9.17) is 62.8 Å². The standard InChI is InChI=1S/C23H24F2N2O2.C21H16F4N2O2.C19H22F2N2O2/c1-14(2)12-28-21-10-8-18(22(24)23(21)25)16-5-3-15(4-6-16)13-29-20-9-7-17(26)11-19(20)27;1-2-9-28-16-7-4-12(18(22)20(16)24)13-5-8-17(21(25)19(13)23)29-15-6-3-11(26)10-14(15)27;1-24-13-5-2-11(3-6-13)14-7-9-17(19(21)18(14)20)25-16-8-4-12(22)10-15(16)23/h3-11,14H,12-13,26-27H2,1-2H3;2-10H,26-27H2,1H3;4,7-11,13H,2-3,5-6,22-23H2,1H3/b;9-2+;. The molecule has 20 heteroatoms.